The molecule has 0 radical (unpaired) electrons. The van der Waals surface area contributed by atoms with E-state index in [1.165, 1.54) is 11.1 Å². The molecule has 1 aromatic carbocycles. The zero-order chi connectivity index (χ0) is 15.8. The number of hydrogen-bond donors (Lipinski definition) is 2. The maximum absolute atomic E-state index is 11.9. The molecule has 0 fully saturated rings. The van der Waals surface area contributed by atoms with E-state index in [0.29, 0.717) is 12.5 Å². The number of carbonyl (C=O) groups excluding carboxylic acids is 1. The van der Waals surface area contributed by atoms with Crippen LogP contribution in [0.1, 0.15) is 37.3 Å². The molecule has 0 aliphatic carbocycles. The second-order valence-corrected chi connectivity index (χ2v) is 6.06. The summed E-state index contributed by atoms with van der Waals surface area (Å²) in [4.78, 5) is 14.4. The Morgan fingerprint density at radius 3 is 2.82 bits per heavy atom. The molecule has 0 aromatic heterocycles. The van der Waals surface area contributed by atoms with Crippen LogP contribution in [-0.4, -0.2) is 43.5 Å². The van der Waals surface area contributed by atoms with E-state index in [-0.39, 0.29) is 5.91 Å². The van der Waals surface area contributed by atoms with Crippen molar-refractivity contribution in [1.29, 1.82) is 0 Å². The van der Waals surface area contributed by atoms with Gasteiger partial charge in [0.2, 0.25) is 5.91 Å². The molecular formula is C18H29N3O. The third kappa shape index (κ3) is 4.82. The number of nitrogens with one attached hydrogen (secondary N) is 2. The molecule has 1 heterocycles. The number of carbonyl (C=O) groups is 1. The molecule has 1 atom stereocenters. The van der Waals surface area contributed by atoms with Crippen molar-refractivity contribution >= 4 is 5.91 Å². The summed E-state index contributed by atoms with van der Waals surface area (Å²) in [6.07, 6.45) is 3.69. The standard InChI is InChI=1S/C18H29N3O/c1-3-17(13-20-18(22)9-6-11-19-2)21-12-10-15-7-4-5-8-16(15)14-21/h4-5,7-8,17,19H,3,6,9-14H2,1-2H3,(H,20,22). The topological polar surface area (TPSA) is 44.4 Å². The van der Waals surface area contributed by atoms with Gasteiger partial charge >= 0.3 is 0 Å². The molecule has 1 aromatic rings. The van der Waals surface area contributed by atoms with Crippen molar-refractivity contribution in [3.8, 4) is 0 Å². The molecule has 2 rings (SSSR count). The molecule has 0 bridgehead atoms. The second-order valence-electron chi connectivity index (χ2n) is 6.06. The van der Waals surface area contributed by atoms with Crippen LogP contribution in [0.5, 0.6) is 0 Å². The predicted molar refractivity (Wildman–Crippen MR) is 90.8 cm³/mol. The Bertz CT molecular complexity index is 475. The lowest BCUT2D eigenvalue weighted by Gasteiger charge is -2.35. The van der Waals surface area contributed by atoms with Crippen LogP contribution >= 0.6 is 0 Å². The fourth-order valence-corrected chi connectivity index (χ4v) is 3.11. The second kappa shape index (κ2) is 8.91. The smallest absolute Gasteiger partial charge is 0.220 e. The van der Waals surface area contributed by atoms with E-state index in [4.69, 9.17) is 0 Å². The molecule has 0 spiro atoms. The summed E-state index contributed by atoms with van der Waals surface area (Å²) in [6, 6.07) is 9.13. The molecule has 1 amide bonds. The maximum atomic E-state index is 11.9. The SMILES string of the molecule is CCC(CNC(=O)CCCNC)N1CCc2ccccc2C1. The fraction of sp³-hybridized carbons (Fsp3) is 0.611. The lowest BCUT2D eigenvalue weighted by molar-refractivity contribution is -0.121. The van der Waals surface area contributed by atoms with E-state index >= 15 is 0 Å². The summed E-state index contributed by atoms with van der Waals surface area (Å²) in [5.74, 6) is 0.172. The molecule has 1 aliphatic heterocycles. The fourth-order valence-electron chi connectivity index (χ4n) is 3.11. The van der Waals surface area contributed by atoms with Crippen molar-refractivity contribution in [3.05, 3.63) is 35.4 Å². The van der Waals surface area contributed by atoms with E-state index in [1.54, 1.807) is 0 Å². The average molecular weight is 303 g/mol. The van der Waals surface area contributed by atoms with Gasteiger partial charge in [0, 0.05) is 32.1 Å². The van der Waals surface area contributed by atoms with E-state index in [0.717, 1.165) is 45.4 Å². The summed E-state index contributed by atoms with van der Waals surface area (Å²) < 4.78 is 0. The minimum atomic E-state index is 0.172. The number of fused-ring (bicyclic) bond motifs is 1. The zero-order valence-electron chi connectivity index (χ0n) is 13.9. The summed E-state index contributed by atoms with van der Waals surface area (Å²) in [7, 11) is 1.92. The number of amides is 1. The van der Waals surface area contributed by atoms with Crippen LogP contribution in [0, 0.1) is 0 Å². The minimum absolute atomic E-state index is 0.172. The Morgan fingerprint density at radius 1 is 1.32 bits per heavy atom. The van der Waals surface area contributed by atoms with Gasteiger partial charge in [0.15, 0.2) is 0 Å². The van der Waals surface area contributed by atoms with Gasteiger partial charge in [-0.05, 0) is 44.0 Å². The Labute approximate surface area is 134 Å². The Kier molecular flexibility index (Phi) is 6.87. The van der Waals surface area contributed by atoms with Crippen molar-refractivity contribution in [2.24, 2.45) is 0 Å². The highest BCUT2D eigenvalue weighted by Crippen LogP contribution is 2.21. The van der Waals surface area contributed by atoms with Gasteiger partial charge in [-0.15, -0.1) is 0 Å². The number of hydrogen-bond acceptors (Lipinski definition) is 3. The predicted octanol–water partition coefficient (Wildman–Crippen LogP) is 1.94. The minimum Gasteiger partial charge on any atom is -0.355 e. The van der Waals surface area contributed by atoms with Gasteiger partial charge in [-0.1, -0.05) is 31.2 Å². The first-order valence-electron chi connectivity index (χ1n) is 8.46. The van der Waals surface area contributed by atoms with Crippen LogP contribution in [0.4, 0.5) is 0 Å². The van der Waals surface area contributed by atoms with Crippen molar-refractivity contribution in [1.82, 2.24) is 15.5 Å². The quantitative estimate of drug-likeness (QED) is 0.721. The largest absolute Gasteiger partial charge is 0.355 e. The lowest BCUT2D eigenvalue weighted by atomic mass is 9.98. The number of benzene rings is 1. The number of nitrogens with zero attached hydrogens (tertiary/aromatic N) is 1. The van der Waals surface area contributed by atoms with Gasteiger partial charge < -0.3 is 10.6 Å². The van der Waals surface area contributed by atoms with Gasteiger partial charge in [0.25, 0.3) is 0 Å². The zero-order valence-corrected chi connectivity index (χ0v) is 13.9. The van der Waals surface area contributed by atoms with Crippen LogP contribution in [0.25, 0.3) is 0 Å². The van der Waals surface area contributed by atoms with Crippen molar-refractivity contribution < 1.29 is 4.79 Å². The van der Waals surface area contributed by atoms with Crippen LogP contribution in [-0.2, 0) is 17.8 Å². The number of rotatable bonds is 8. The van der Waals surface area contributed by atoms with Gasteiger partial charge in [-0.25, -0.2) is 0 Å². The molecule has 0 saturated carbocycles. The van der Waals surface area contributed by atoms with Crippen LogP contribution < -0.4 is 10.6 Å². The molecule has 1 aliphatic rings. The first-order chi connectivity index (χ1) is 10.7. The van der Waals surface area contributed by atoms with Crippen molar-refractivity contribution in [2.45, 2.75) is 45.2 Å². The normalized spacial score (nSPS) is 16.1. The van der Waals surface area contributed by atoms with Gasteiger partial charge in [-0.3, -0.25) is 9.69 Å². The molecule has 4 heteroatoms. The van der Waals surface area contributed by atoms with Gasteiger partial charge in [0.05, 0.1) is 0 Å². The highest BCUT2D eigenvalue weighted by atomic mass is 16.1. The van der Waals surface area contributed by atoms with E-state index in [2.05, 4.69) is 46.7 Å². The summed E-state index contributed by atoms with van der Waals surface area (Å²) in [5, 5.41) is 6.18. The van der Waals surface area contributed by atoms with E-state index < -0.39 is 0 Å². The highest BCUT2D eigenvalue weighted by Gasteiger charge is 2.22. The van der Waals surface area contributed by atoms with E-state index in [9.17, 15) is 4.79 Å². The average Bonchev–Trinajstić information content (AvgIpc) is 2.55. The van der Waals surface area contributed by atoms with Crippen LogP contribution in [0.15, 0.2) is 24.3 Å². The molecule has 1 unspecified atom stereocenters. The highest BCUT2D eigenvalue weighted by molar-refractivity contribution is 5.75. The molecule has 0 saturated heterocycles. The monoisotopic (exact) mass is 303 g/mol. The van der Waals surface area contributed by atoms with Gasteiger partial charge in [0.1, 0.15) is 0 Å². The molecule has 4 nitrogen and oxygen atoms in total. The third-order valence-electron chi connectivity index (χ3n) is 4.51. The maximum Gasteiger partial charge on any atom is 0.220 e. The molecule has 122 valence electrons. The lowest BCUT2D eigenvalue weighted by Crippen LogP contribution is -2.45. The van der Waals surface area contributed by atoms with Gasteiger partial charge in [-0.2, -0.15) is 0 Å². The molecule has 2 N–H and O–H groups in total. The molecular weight excluding hydrogens is 274 g/mol. The van der Waals surface area contributed by atoms with Crippen LogP contribution in [0.2, 0.25) is 0 Å². The Morgan fingerprint density at radius 2 is 2.09 bits per heavy atom. The summed E-state index contributed by atoms with van der Waals surface area (Å²) in [5.41, 5.74) is 2.91. The molecule has 22 heavy (non-hydrogen) atoms. The van der Waals surface area contributed by atoms with E-state index in [1.807, 2.05) is 7.05 Å². The Hall–Kier alpha value is -1.39. The summed E-state index contributed by atoms with van der Waals surface area (Å²) in [6.45, 7) is 5.96. The summed E-state index contributed by atoms with van der Waals surface area (Å²) >= 11 is 0. The van der Waals surface area contributed by atoms with Crippen molar-refractivity contribution in [3.63, 3.8) is 0 Å². The Balaban J connectivity index is 1.81. The van der Waals surface area contributed by atoms with Crippen molar-refractivity contribution in [2.75, 3.05) is 26.7 Å². The first kappa shape index (κ1) is 17.0. The first-order valence-corrected chi connectivity index (χ1v) is 8.46. The van der Waals surface area contributed by atoms with Crippen LogP contribution in [0.3, 0.4) is 0 Å². The third-order valence-corrected chi connectivity index (χ3v) is 4.51.